The van der Waals surface area contributed by atoms with Crippen molar-refractivity contribution in [1.29, 1.82) is 0 Å². The minimum atomic E-state index is -4.95. The first kappa shape index (κ1) is 89.1. The number of carbonyl (C=O) groups is 4. The van der Waals surface area contributed by atoms with Crippen LogP contribution in [0.4, 0.5) is 0 Å². The summed E-state index contributed by atoms with van der Waals surface area (Å²) in [5.41, 5.74) is 0. The molecule has 5 unspecified atom stereocenters. The number of carbonyl (C=O) groups excluding carboxylic acids is 4. The maximum absolute atomic E-state index is 13.0. The van der Waals surface area contributed by atoms with Gasteiger partial charge in [0.15, 0.2) is 12.2 Å². The Morgan fingerprint density at radius 3 is 0.780 bits per heavy atom. The van der Waals surface area contributed by atoms with Crippen molar-refractivity contribution in [3.05, 3.63) is 0 Å². The number of hydrogen-bond donors (Lipinski definition) is 3. The Hall–Kier alpha value is -1.94. The van der Waals surface area contributed by atoms with Crippen molar-refractivity contribution in [2.24, 2.45) is 23.7 Å². The first-order valence-electron chi connectivity index (χ1n) is 37.3. The van der Waals surface area contributed by atoms with Gasteiger partial charge in [0.1, 0.15) is 19.3 Å². The first-order valence-corrected chi connectivity index (χ1v) is 40.3. The Bertz CT molecular complexity index is 1800. The van der Waals surface area contributed by atoms with Crippen molar-refractivity contribution in [2.45, 2.75) is 375 Å². The molecular formula is C72H140O17P2. The Balaban J connectivity index is 5.24. The molecule has 0 amide bonds. The summed E-state index contributed by atoms with van der Waals surface area (Å²) in [6.07, 6.45) is 44.5. The molecule has 0 fully saturated rings. The molecule has 0 spiro atoms. The molecule has 0 radical (unpaired) electrons. The van der Waals surface area contributed by atoms with E-state index in [1.165, 1.54) is 154 Å². The predicted molar refractivity (Wildman–Crippen MR) is 367 cm³/mol. The quantitative estimate of drug-likeness (QED) is 0.0222. The molecule has 540 valence electrons. The minimum absolute atomic E-state index is 0.103. The van der Waals surface area contributed by atoms with E-state index in [0.717, 1.165) is 114 Å². The van der Waals surface area contributed by atoms with E-state index in [1.54, 1.807) is 0 Å². The van der Waals surface area contributed by atoms with Crippen LogP contribution in [0.5, 0.6) is 0 Å². The third kappa shape index (κ3) is 63.9. The van der Waals surface area contributed by atoms with E-state index in [2.05, 4.69) is 55.4 Å². The number of esters is 4. The first-order chi connectivity index (χ1) is 43.7. The van der Waals surface area contributed by atoms with E-state index >= 15 is 0 Å². The normalized spacial score (nSPS) is 14.8. The van der Waals surface area contributed by atoms with Crippen molar-refractivity contribution in [1.82, 2.24) is 0 Å². The molecule has 0 rings (SSSR count). The van der Waals surface area contributed by atoms with Gasteiger partial charge in [0.2, 0.25) is 0 Å². The second-order valence-corrected chi connectivity index (χ2v) is 30.3. The van der Waals surface area contributed by atoms with Crippen molar-refractivity contribution in [3.8, 4) is 0 Å². The van der Waals surface area contributed by atoms with Crippen LogP contribution in [0.3, 0.4) is 0 Å². The van der Waals surface area contributed by atoms with Crippen molar-refractivity contribution in [3.63, 3.8) is 0 Å². The molecule has 91 heavy (non-hydrogen) atoms. The molecule has 0 aromatic carbocycles. The molecular weight excluding hydrogens is 1200 g/mol. The molecule has 19 heteroatoms. The highest BCUT2D eigenvalue weighted by Crippen LogP contribution is 2.45. The lowest BCUT2D eigenvalue weighted by atomic mass is 9.99. The standard InChI is InChI=1S/C72H140O17P2/c1-9-64(7)50-42-34-26-17-15-13-11-12-14-16-18-29-38-46-54-71(76)88-67(58-82-69(74)52-44-36-28-22-20-27-35-43-51-65(8)10-2)60-86-90(78,79)84-56-66(73)57-85-91(80,81)87-61-68(59-83-70(75)53-45-37-31-23-25-33-41-49-63(5)6)89-72(77)55-47-39-30-21-19-24-32-40-48-62(3)4/h62-68,73H,9-61H2,1-8H3,(H,78,79)(H,80,81)/t64?,65?,66?,67-,68-/m1/s1. The summed E-state index contributed by atoms with van der Waals surface area (Å²) < 4.78 is 68.3. The molecule has 0 aromatic heterocycles. The third-order valence-electron chi connectivity index (χ3n) is 17.3. The van der Waals surface area contributed by atoms with Crippen molar-refractivity contribution < 1.29 is 80.2 Å². The van der Waals surface area contributed by atoms with Gasteiger partial charge >= 0.3 is 39.5 Å². The van der Waals surface area contributed by atoms with Crippen LogP contribution in [-0.2, 0) is 65.4 Å². The fraction of sp³-hybridized carbons (Fsp3) is 0.944. The lowest BCUT2D eigenvalue weighted by molar-refractivity contribution is -0.161. The Kier molecular flexibility index (Phi) is 60.3. The molecule has 0 aromatic rings. The summed E-state index contributed by atoms with van der Waals surface area (Å²) in [7, 11) is -9.91. The smallest absolute Gasteiger partial charge is 0.462 e. The topological polar surface area (TPSA) is 237 Å². The second-order valence-electron chi connectivity index (χ2n) is 27.4. The summed E-state index contributed by atoms with van der Waals surface area (Å²) >= 11 is 0. The summed E-state index contributed by atoms with van der Waals surface area (Å²) in [6, 6.07) is 0. The number of aliphatic hydroxyl groups is 1. The molecule has 3 N–H and O–H groups in total. The number of rotatable bonds is 69. The van der Waals surface area contributed by atoms with Gasteiger partial charge in [-0.05, 0) is 49.4 Å². The highest BCUT2D eigenvalue weighted by molar-refractivity contribution is 7.47. The van der Waals surface area contributed by atoms with Crippen LogP contribution in [0.25, 0.3) is 0 Å². The Morgan fingerprint density at radius 1 is 0.308 bits per heavy atom. The van der Waals surface area contributed by atoms with Crippen LogP contribution < -0.4 is 0 Å². The van der Waals surface area contributed by atoms with Gasteiger partial charge in [0.25, 0.3) is 0 Å². The van der Waals surface area contributed by atoms with E-state index < -0.39 is 97.5 Å². The third-order valence-corrected chi connectivity index (χ3v) is 19.2. The molecule has 0 aliphatic carbocycles. The van der Waals surface area contributed by atoms with Gasteiger partial charge in [-0.1, -0.05) is 306 Å². The van der Waals surface area contributed by atoms with Gasteiger partial charge in [-0.2, -0.15) is 0 Å². The molecule has 7 atom stereocenters. The molecule has 0 aliphatic rings. The van der Waals surface area contributed by atoms with Crippen LogP contribution in [0, 0.1) is 23.7 Å². The van der Waals surface area contributed by atoms with Crippen LogP contribution in [0.2, 0.25) is 0 Å². The van der Waals surface area contributed by atoms with E-state index in [9.17, 15) is 43.2 Å². The zero-order valence-electron chi connectivity index (χ0n) is 59.5. The van der Waals surface area contributed by atoms with Crippen molar-refractivity contribution in [2.75, 3.05) is 39.6 Å². The average molecular weight is 1340 g/mol. The van der Waals surface area contributed by atoms with Crippen molar-refractivity contribution >= 4 is 39.5 Å². The molecule has 0 aliphatic heterocycles. The fourth-order valence-corrected chi connectivity index (χ4v) is 12.4. The molecule has 0 bridgehead atoms. The highest BCUT2D eigenvalue weighted by Gasteiger charge is 2.30. The zero-order chi connectivity index (χ0) is 67.5. The average Bonchev–Trinajstić information content (AvgIpc) is 3.21. The maximum Gasteiger partial charge on any atom is 0.472 e. The Morgan fingerprint density at radius 2 is 0.527 bits per heavy atom. The van der Waals surface area contributed by atoms with E-state index in [0.29, 0.717) is 31.6 Å². The molecule has 0 saturated heterocycles. The molecule has 0 heterocycles. The highest BCUT2D eigenvalue weighted by atomic mass is 31.2. The van der Waals surface area contributed by atoms with E-state index in [1.807, 2.05) is 0 Å². The largest absolute Gasteiger partial charge is 0.472 e. The Labute approximate surface area is 556 Å². The number of phosphoric acid groups is 2. The maximum atomic E-state index is 13.0. The minimum Gasteiger partial charge on any atom is -0.462 e. The predicted octanol–water partition coefficient (Wildman–Crippen LogP) is 20.5. The summed E-state index contributed by atoms with van der Waals surface area (Å²) in [4.78, 5) is 72.6. The van der Waals surface area contributed by atoms with Crippen LogP contribution in [0.1, 0.15) is 357 Å². The van der Waals surface area contributed by atoms with Crippen LogP contribution in [0.15, 0.2) is 0 Å². The number of unbranched alkanes of at least 4 members (excludes halogenated alkanes) is 33. The summed E-state index contributed by atoms with van der Waals surface area (Å²) in [5.74, 6) is 0.918. The number of aliphatic hydroxyl groups excluding tert-OH is 1. The summed E-state index contributed by atoms with van der Waals surface area (Å²) in [5, 5.41) is 10.6. The zero-order valence-corrected chi connectivity index (χ0v) is 61.3. The summed E-state index contributed by atoms with van der Waals surface area (Å²) in [6.45, 7) is 14.1. The lowest BCUT2D eigenvalue weighted by Crippen LogP contribution is -2.30. The van der Waals surface area contributed by atoms with Crippen LogP contribution >= 0.6 is 15.6 Å². The van der Waals surface area contributed by atoms with Gasteiger partial charge in [0.05, 0.1) is 26.4 Å². The van der Waals surface area contributed by atoms with Gasteiger partial charge in [-0.25, -0.2) is 9.13 Å². The lowest BCUT2D eigenvalue weighted by Gasteiger charge is -2.21. The molecule has 0 saturated carbocycles. The monoisotopic (exact) mass is 1340 g/mol. The van der Waals surface area contributed by atoms with Gasteiger partial charge in [-0.15, -0.1) is 0 Å². The number of phosphoric ester groups is 2. The van der Waals surface area contributed by atoms with Gasteiger partial charge in [-0.3, -0.25) is 37.3 Å². The number of hydrogen-bond acceptors (Lipinski definition) is 15. The molecule has 17 nitrogen and oxygen atoms in total. The number of ether oxygens (including phenoxy) is 4. The fourth-order valence-electron chi connectivity index (χ4n) is 10.8. The van der Waals surface area contributed by atoms with Crippen LogP contribution in [-0.4, -0.2) is 96.7 Å². The van der Waals surface area contributed by atoms with E-state index in [4.69, 9.17) is 37.0 Å². The van der Waals surface area contributed by atoms with Gasteiger partial charge < -0.3 is 33.8 Å². The van der Waals surface area contributed by atoms with Gasteiger partial charge in [0, 0.05) is 25.7 Å². The second kappa shape index (κ2) is 61.6. The van der Waals surface area contributed by atoms with E-state index in [-0.39, 0.29) is 25.7 Å². The SMILES string of the molecule is CCC(C)CCCCCCCCCCCCCCCCC(=O)O[C@H](COC(=O)CCCCCCCCCCC(C)CC)COP(=O)(O)OCC(O)COP(=O)(O)OC[C@@H](COC(=O)CCCCCCCCCC(C)C)OC(=O)CCCCCCCCCCC(C)C.